The first-order valence-electron chi connectivity index (χ1n) is 29.3. The van der Waals surface area contributed by atoms with Gasteiger partial charge in [0.05, 0.1) is 40.4 Å². The molecule has 504 valence electrons. The monoisotopic (exact) mass is 1400 g/mol. The number of alkyl carbamates (subject to hydrolysis) is 2. The standard InChI is InChI=1S/C34H33ClF3N5O5S.C32H29ClF3N5O5S/c1-6-46-31(44)25(41-32(45)48-33(3,4)5)15-20-7-9-21(10-8-20)24-17-49-28-27(24)39-18-40-30(28)47-29(34(36,37)38)23-12-11-22(35)16-26(23)43-14-13-19(2)42-43;1-17-11-12-41(40-17)24-14-20(33)9-10-21(24)27(32(34,35)36)45-28-26-25(37-16-38-28)22(15-47-26)19-7-5-18(6-8-19)13-23(29(42)43)39-30(44)46-31(2,3)4/h7-14,16-18,25,29H,6,15H2,1-5H3,(H,41,45);5-12,14-16,23,27H,13H2,1-4H3,(H,39,44)(H,42,43)/t25-,29+;23-,27+/m00/s1. The highest BCUT2D eigenvalue weighted by Gasteiger charge is 2.47. The van der Waals surface area contributed by atoms with Gasteiger partial charge >= 0.3 is 36.5 Å². The lowest BCUT2D eigenvalue weighted by Crippen LogP contribution is -2.45. The van der Waals surface area contributed by atoms with Crippen LogP contribution in [0, 0.1) is 13.8 Å². The van der Waals surface area contributed by atoms with Gasteiger partial charge in [-0.1, -0.05) is 83.9 Å². The molecule has 0 saturated carbocycles. The highest BCUT2D eigenvalue weighted by atomic mass is 35.5. The summed E-state index contributed by atoms with van der Waals surface area (Å²) in [5, 5.41) is 27.1. The lowest BCUT2D eigenvalue weighted by molar-refractivity contribution is -0.198. The number of halogens is 8. The second kappa shape index (κ2) is 29.3. The number of aryl methyl sites for hydroxylation is 2. The van der Waals surface area contributed by atoms with Crippen LogP contribution in [0.1, 0.15) is 94.3 Å². The molecular weight excluding hydrogens is 1340 g/mol. The van der Waals surface area contributed by atoms with Gasteiger partial charge in [0, 0.05) is 68.3 Å². The Hall–Kier alpha value is -9.38. The topological polar surface area (TPSA) is 246 Å². The molecule has 2 amide bonds. The zero-order valence-corrected chi connectivity index (χ0v) is 55.8. The second-order valence-corrected chi connectivity index (χ2v) is 26.2. The van der Waals surface area contributed by atoms with Crippen molar-refractivity contribution in [1.29, 1.82) is 0 Å². The van der Waals surface area contributed by atoms with Crippen molar-refractivity contribution in [2.45, 2.75) is 123 Å². The number of nitrogens with zero attached hydrogens (tertiary/aromatic N) is 8. The summed E-state index contributed by atoms with van der Waals surface area (Å²) >= 11 is 14.6. The fraction of sp³-hybridized carbons (Fsp3) is 0.303. The van der Waals surface area contributed by atoms with Crippen molar-refractivity contribution in [2.75, 3.05) is 6.61 Å². The molecule has 0 aliphatic rings. The molecule has 3 N–H and O–H groups in total. The van der Waals surface area contributed by atoms with Crippen molar-refractivity contribution in [1.82, 2.24) is 50.1 Å². The van der Waals surface area contributed by atoms with E-state index in [9.17, 15) is 50.6 Å². The summed E-state index contributed by atoms with van der Waals surface area (Å²) in [6.07, 6.45) is -10.5. The molecule has 4 atom stereocenters. The number of amides is 2. The fourth-order valence-corrected chi connectivity index (χ4v) is 11.9. The molecule has 0 aliphatic heterocycles. The van der Waals surface area contributed by atoms with E-state index in [1.165, 1.54) is 52.0 Å². The number of carbonyl (C=O) groups is 4. The molecule has 0 fully saturated rings. The Morgan fingerprint density at radius 2 is 0.969 bits per heavy atom. The Morgan fingerprint density at radius 3 is 1.32 bits per heavy atom. The maximum absolute atomic E-state index is 14.6. The second-order valence-electron chi connectivity index (χ2n) is 23.6. The first kappa shape index (κ1) is 70.9. The number of hydrogen-bond donors (Lipinski definition) is 3. The molecule has 10 rings (SSSR count). The van der Waals surface area contributed by atoms with Gasteiger partial charge in [-0.2, -0.15) is 36.5 Å². The summed E-state index contributed by atoms with van der Waals surface area (Å²) in [4.78, 5) is 65.8. The molecule has 4 aromatic carbocycles. The quantitative estimate of drug-likeness (QED) is 0.0387. The van der Waals surface area contributed by atoms with Gasteiger partial charge in [0.1, 0.15) is 45.3 Å². The third-order valence-corrected chi connectivity index (χ3v) is 16.2. The number of nitrogens with one attached hydrogen (secondary N) is 2. The maximum Gasteiger partial charge on any atom is 0.429 e. The number of hydrogen-bond acceptors (Lipinski definition) is 17. The zero-order valence-electron chi connectivity index (χ0n) is 52.7. The van der Waals surface area contributed by atoms with Crippen LogP contribution in [0.2, 0.25) is 10.0 Å². The van der Waals surface area contributed by atoms with Crippen LogP contribution in [0.5, 0.6) is 11.8 Å². The van der Waals surface area contributed by atoms with Crippen molar-refractivity contribution in [2.24, 2.45) is 0 Å². The van der Waals surface area contributed by atoms with Gasteiger partial charge < -0.3 is 39.4 Å². The number of fused-ring (bicyclic) bond motifs is 2. The fourth-order valence-electron chi connectivity index (χ4n) is 9.69. The van der Waals surface area contributed by atoms with E-state index in [-0.39, 0.29) is 63.8 Å². The van der Waals surface area contributed by atoms with Crippen molar-refractivity contribution >= 4 is 90.4 Å². The number of benzene rings is 4. The molecule has 30 heteroatoms. The Morgan fingerprint density at radius 1 is 0.573 bits per heavy atom. The van der Waals surface area contributed by atoms with E-state index in [0.29, 0.717) is 59.6 Å². The van der Waals surface area contributed by atoms with Gasteiger partial charge in [0.25, 0.3) is 0 Å². The van der Waals surface area contributed by atoms with Gasteiger partial charge in [-0.3, -0.25) is 0 Å². The molecule has 0 saturated heterocycles. The van der Waals surface area contributed by atoms with Crippen LogP contribution in [0.4, 0.5) is 35.9 Å². The molecule has 96 heavy (non-hydrogen) atoms. The zero-order chi connectivity index (χ0) is 69.6. The van der Waals surface area contributed by atoms with Crippen LogP contribution in [-0.2, 0) is 36.6 Å². The van der Waals surface area contributed by atoms with Crippen molar-refractivity contribution in [3.05, 3.63) is 177 Å². The van der Waals surface area contributed by atoms with Crippen LogP contribution in [0.25, 0.3) is 54.1 Å². The minimum atomic E-state index is -4.83. The molecule has 20 nitrogen and oxygen atoms in total. The van der Waals surface area contributed by atoms with E-state index >= 15 is 0 Å². The van der Waals surface area contributed by atoms with Gasteiger partial charge in [0.15, 0.2) is 0 Å². The number of thiophene rings is 2. The molecule has 0 aliphatic carbocycles. The Labute approximate surface area is 563 Å². The van der Waals surface area contributed by atoms with Gasteiger partial charge in [-0.15, -0.1) is 22.7 Å². The molecule has 0 unspecified atom stereocenters. The minimum Gasteiger partial charge on any atom is -0.480 e. The number of rotatable bonds is 19. The van der Waals surface area contributed by atoms with Crippen molar-refractivity contribution in [3.8, 4) is 45.4 Å². The third-order valence-electron chi connectivity index (χ3n) is 13.8. The average molecular weight is 1400 g/mol. The normalized spacial score (nSPS) is 13.2. The Bertz CT molecular complexity index is 4440. The predicted molar refractivity (Wildman–Crippen MR) is 349 cm³/mol. The van der Waals surface area contributed by atoms with E-state index in [0.717, 1.165) is 40.9 Å². The largest absolute Gasteiger partial charge is 0.480 e. The SMILES string of the molecule is CCOC(=O)[C@H](Cc1ccc(-c2csc3c(O[C@H](c4ccc(Cl)cc4-n4ccc(C)n4)C(F)(F)F)ncnc23)cc1)NC(=O)OC(C)(C)C.Cc1ccn(-c2cc(Cl)ccc2[C@@H](Oc2ncnc3c(-c4ccc(C[C@H](NC(=O)OC(C)(C)C)C(=O)O)cc4)csc23)C(F)(F)F)n1. The van der Waals surface area contributed by atoms with E-state index < -0.39 is 72.0 Å². The van der Waals surface area contributed by atoms with Gasteiger partial charge in [0.2, 0.25) is 24.0 Å². The summed E-state index contributed by atoms with van der Waals surface area (Å²) in [5.41, 5.74) is 4.28. The predicted octanol–water partition coefficient (Wildman–Crippen LogP) is 15.9. The number of ether oxygens (including phenoxy) is 5. The molecule has 10 aromatic rings. The number of carboxylic acid groups (broad SMARTS) is 1. The average Bonchev–Trinajstić information content (AvgIpc) is 1.48. The molecule has 0 bridgehead atoms. The number of carboxylic acids is 1. The van der Waals surface area contributed by atoms with Crippen molar-refractivity contribution < 1.29 is 74.3 Å². The lowest BCUT2D eigenvalue weighted by atomic mass is 10.0. The van der Waals surface area contributed by atoms with Gasteiger partial charge in [-0.05, 0) is 121 Å². The van der Waals surface area contributed by atoms with Crippen LogP contribution in [0.3, 0.4) is 0 Å². The van der Waals surface area contributed by atoms with Crippen molar-refractivity contribution in [3.63, 3.8) is 0 Å². The molecular formula is C66H62Cl2F6N10O10S2. The number of carbonyl (C=O) groups excluding carboxylic acids is 3. The summed E-state index contributed by atoms with van der Waals surface area (Å²) in [6, 6.07) is 23.1. The number of aromatic nitrogens is 8. The van der Waals surface area contributed by atoms with Gasteiger partial charge in [-0.25, -0.2) is 48.5 Å². The number of aliphatic carboxylic acids is 1. The Kier molecular flexibility index (Phi) is 21.7. The summed E-state index contributed by atoms with van der Waals surface area (Å²) in [5.74, 6) is -2.31. The summed E-state index contributed by atoms with van der Waals surface area (Å²) in [6.45, 7) is 15.4. The first-order chi connectivity index (χ1) is 45.2. The minimum absolute atomic E-state index is 0.0109. The highest BCUT2D eigenvalue weighted by Crippen LogP contribution is 2.46. The first-order valence-corrected chi connectivity index (χ1v) is 31.9. The van der Waals surface area contributed by atoms with E-state index in [2.05, 4.69) is 40.8 Å². The van der Waals surface area contributed by atoms with E-state index in [1.54, 1.807) is 140 Å². The molecule has 0 radical (unpaired) electrons. The summed E-state index contributed by atoms with van der Waals surface area (Å²) in [7, 11) is 0. The van der Waals surface area contributed by atoms with E-state index in [4.69, 9.17) is 46.9 Å². The maximum atomic E-state index is 14.6. The Balaban J connectivity index is 0.000000226. The highest BCUT2D eigenvalue weighted by molar-refractivity contribution is 7.18. The molecule has 0 spiro atoms. The van der Waals surface area contributed by atoms with Crippen LogP contribution >= 0.6 is 45.9 Å². The lowest BCUT2D eigenvalue weighted by Gasteiger charge is -2.24. The van der Waals surface area contributed by atoms with Crippen LogP contribution in [-0.4, -0.2) is 111 Å². The smallest absolute Gasteiger partial charge is 0.429 e. The number of alkyl halides is 6. The van der Waals surface area contributed by atoms with Crippen LogP contribution < -0.4 is 20.1 Å². The molecule has 6 aromatic heterocycles. The van der Waals surface area contributed by atoms with E-state index in [1.807, 2.05) is 0 Å². The number of esters is 1. The summed E-state index contributed by atoms with van der Waals surface area (Å²) < 4.78 is 118. The van der Waals surface area contributed by atoms with Crippen LogP contribution in [0.15, 0.2) is 133 Å². The third kappa shape index (κ3) is 17.9. The molecule has 6 heterocycles.